The van der Waals surface area contributed by atoms with Crippen LogP contribution in [0, 0.1) is 0 Å². The van der Waals surface area contributed by atoms with Gasteiger partial charge in [-0.3, -0.25) is 0 Å². The molecule has 1 aliphatic heterocycles. The van der Waals surface area contributed by atoms with Crippen LogP contribution < -0.4 is 5.32 Å². The number of rotatable bonds is 7. The second kappa shape index (κ2) is 8.55. The second-order valence-electron chi connectivity index (χ2n) is 6.48. The Morgan fingerprint density at radius 1 is 1.05 bits per heavy atom. The fourth-order valence-corrected chi connectivity index (χ4v) is 3.36. The van der Waals surface area contributed by atoms with E-state index in [1.165, 1.54) is 50.0 Å². The Morgan fingerprint density at radius 2 is 1.71 bits per heavy atom. The van der Waals surface area contributed by atoms with E-state index in [2.05, 4.69) is 55.3 Å². The summed E-state index contributed by atoms with van der Waals surface area (Å²) >= 11 is 0. The van der Waals surface area contributed by atoms with Gasteiger partial charge in [-0.05, 0) is 56.8 Å². The maximum absolute atomic E-state index is 3.83. The summed E-state index contributed by atoms with van der Waals surface area (Å²) in [5, 5.41) is 3.83. The Hall–Kier alpha value is -0.860. The van der Waals surface area contributed by atoms with Gasteiger partial charge in [0.05, 0.1) is 0 Å². The second-order valence-corrected chi connectivity index (χ2v) is 6.48. The van der Waals surface area contributed by atoms with Crippen LogP contribution in [-0.4, -0.2) is 30.6 Å². The van der Waals surface area contributed by atoms with Gasteiger partial charge in [0.1, 0.15) is 0 Å². The van der Waals surface area contributed by atoms with E-state index in [0.717, 1.165) is 12.8 Å². The largest absolute Gasteiger partial charge is 0.306 e. The van der Waals surface area contributed by atoms with Gasteiger partial charge in [0.25, 0.3) is 0 Å². The summed E-state index contributed by atoms with van der Waals surface area (Å²) in [5.74, 6) is 0. The standard InChI is InChI=1S/C19H32N2/c1-4-17-9-11-18(12-10-17)19(5-2)20-16(3)15-21-13-7-6-8-14-21/h9-12,16,19-20H,4-8,13-15H2,1-3H3. The molecule has 2 heteroatoms. The summed E-state index contributed by atoms with van der Waals surface area (Å²) in [7, 11) is 0. The lowest BCUT2D eigenvalue weighted by atomic mass is 10.0. The van der Waals surface area contributed by atoms with Gasteiger partial charge in [-0.25, -0.2) is 0 Å². The van der Waals surface area contributed by atoms with E-state index in [0.29, 0.717) is 12.1 Å². The lowest BCUT2D eigenvalue weighted by Crippen LogP contribution is -2.42. The molecular formula is C19H32N2. The molecule has 1 heterocycles. The summed E-state index contributed by atoms with van der Waals surface area (Å²) in [6.07, 6.45) is 6.44. The molecule has 1 aromatic carbocycles. The van der Waals surface area contributed by atoms with E-state index in [9.17, 15) is 0 Å². The Bertz CT molecular complexity index is 393. The van der Waals surface area contributed by atoms with Crippen molar-refractivity contribution in [3.63, 3.8) is 0 Å². The summed E-state index contributed by atoms with van der Waals surface area (Å²) in [5.41, 5.74) is 2.86. The summed E-state index contributed by atoms with van der Waals surface area (Å²) in [6.45, 7) is 10.6. The molecule has 1 saturated heterocycles. The summed E-state index contributed by atoms with van der Waals surface area (Å²) in [4.78, 5) is 2.62. The topological polar surface area (TPSA) is 15.3 Å². The van der Waals surface area contributed by atoms with Crippen molar-refractivity contribution >= 4 is 0 Å². The molecule has 0 amide bonds. The van der Waals surface area contributed by atoms with Crippen molar-refractivity contribution in [3.05, 3.63) is 35.4 Å². The monoisotopic (exact) mass is 288 g/mol. The highest BCUT2D eigenvalue weighted by atomic mass is 15.2. The van der Waals surface area contributed by atoms with E-state index in [4.69, 9.17) is 0 Å². The summed E-state index contributed by atoms with van der Waals surface area (Å²) in [6, 6.07) is 10.2. The van der Waals surface area contributed by atoms with E-state index >= 15 is 0 Å². The van der Waals surface area contributed by atoms with E-state index in [-0.39, 0.29) is 0 Å². The average Bonchev–Trinajstić information content (AvgIpc) is 2.53. The number of piperidine rings is 1. The molecule has 1 fully saturated rings. The van der Waals surface area contributed by atoms with Crippen LogP contribution in [0.5, 0.6) is 0 Å². The minimum absolute atomic E-state index is 0.482. The van der Waals surface area contributed by atoms with E-state index in [1.54, 1.807) is 0 Å². The number of benzene rings is 1. The highest BCUT2D eigenvalue weighted by molar-refractivity contribution is 5.25. The van der Waals surface area contributed by atoms with Crippen LogP contribution in [0.1, 0.15) is 63.6 Å². The molecule has 118 valence electrons. The zero-order valence-electron chi connectivity index (χ0n) is 14.1. The van der Waals surface area contributed by atoms with Crippen molar-refractivity contribution in [1.82, 2.24) is 10.2 Å². The van der Waals surface area contributed by atoms with Gasteiger partial charge in [-0.15, -0.1) is 0 Å². The minimum atomic E-state index is 0.482. The SMILES string of the molecule is CCc1ccc(C(CC)NC(C)CN2CCCCC2)cc1. The first-order valence-corrected chi connectivity index (χ1v) is 8.80. The van der Waals surface area contributed by atoms with Crippen LogP contribution in [0.2, 0.25) is 0 Å². The third kappa shape index (κ3) is 5.12. The van der Waals surface area contributed by atoms with Gasteiger partial charge in [-0.2, -0.15) is 0 Å². The van der Waals surface area contributed by atoms with Crippen LogP contribution in [0.25, 0.3) is 0 Å². The molecule has 2 rings (SSSR count). The zero-order chi connectivity index (χ0) is 15.1. The molecule has 1 aliphatic rings. The first-order chi connectivity index (χ1) is 10.2. The zero-order valence-corrected chi connectivity index (χ0v) is 14.1. The molecule has 0 aliphatic carbocycles. The molecule has 2 atom stereocenters. The molecule has 2 nitrogen and oxygen atoms in total. The third-order valence-electron chi connectivity index (χ3n) is 4.67. The molecule has 0 aromatic heterocycles. The third-order valence-corrected chi connectivity index (χ3v) is 4.67. The van der Waals surface area contributed by atoms with Crippen molar-refractivity contribution in [2.45, 2.75) is 65.0 Å². The highest BCUT2D eigenvalue weighted by Gasteiger charge is 2.16. The minimum Gasteiger partial charge on any atom is -0.306 e. The van der Waals surface area contributed by atoms with Crippen LogP contribution >= 0.6 is 0 Å². The highest BCUT2D eigenvalue weighted by Crippen LogP contribution is 2.19. The lowest BCUT2D eigenvalue weighted by molar-refractivity contribution is 0.203. The van der Waals surface area contributed by atoms with Crippen LogP contribution in [0.15, 0.2) is 24.3 Å². The smallest absolute Gasteiger partial charge is 0.0320 e. The lowest BCUT2D eigenvalue weighted by Gasteiger charge is -2.31. The number of likely N-dealkylation sites (tertiary alicyclic amines) is 1. The van der Waals surface area contributed by atoms with Crippen LogP contribution in [-0.2, 0) is 6.42 Å². The quantitative estimate of drug-likeness (QED) is 0.810. The van der Waals surface area contributed by atoms with E-state index in [1.807, 2.05) is 0 Å². The maximum atomic E-state index is 3.83. The number of hydrogen-bond acceptors (Lipinski definition) is 2. The van der Waals surface area contributed by atoms with E-state index < -0.39 is 0 Å². The van der Waals surface area contributed by atoms with Gasteiger partial charge in [0.2, 0.25) is 0 Å². The molecule has 2 unspecified atom stereocenters. The average molecular weight is 288 g/mol. The number of aryl methyl sites for hydroxylation is 1. The first kappa shape index (κ1) is 16.5. The first-order valence-electron chi connectivity index (χ1n) is 8.80. The number of nitrogens with one attached hydrogen (secondary N) is 1. The molecule has 0 saturated carbocycles. The number of hydrogen-bond donors (Lipinski definition) is 1. The maximum Gasteiger partial charge on any atom is 0.0320 e. The molecule has 1 aromatic rings. The van der Waals surface area contributed by atoms with Crippen molar-refractivity contribution in [3.8, 4) is 0 Å². The van der Waals surface area contributed by atoms with Crippen molar-refractivity contribution < 1.29 is 0 Å². The Kier molecular flexibility index (Phi) is 6.72. The van der Waals surface area contributed by atoms with Crippen molar-refractivity contribution in [2.24, 2.45) is 0 Å². The molecule has 0 spiro atoms. The predicted molar refractivity (Wildman–Crippen MR) is 91.7 cm³/mol. The molecule has 1 N–H and O–H groups in total. The van der Waals surface area contributed by atoms with Gasteiger partial charge >= 0.3 is 0 Å². The molecule has 0 bridgehead atoms. The van der Waals surface area contributed by atoms with Crippen LogP contribution in [0.4, 0.5) is 0 Å². The predicted octanol–water partition coefficient (Wildman–Crippen LogP) is 4.16. The molecular weight excluding hydrogens is 256 g/mol. The van der Waals surface area contributed by atoms with Crippen LogP contribution in [0.3, 0.4) is 0 Å². The van der Waals surface area contributed by atoms with Crippen molar-refractivity contribution in [1.29, 1.82) is 0 Å². The number of nitrogens with zero attached hydrogens (tertiary/aromatic N) is 1. The fourth-order valence-electron chi connectivity index (χ4n) is 3.36. The molecule has 0 radical (unpaired) electrons. The van der Waals surface area contributed by atoms with Gasteiger partial charge in [0.15, 0.2) is 0 Å². The van der Waals surface area contributed by atoms with Gasteiger partial charge < -0.3 is 10.2 Å². The normalized spacial score (nSPS) is 19.4. The Morgan fingerprint density at radius 3 is 2.29 bits per heavy atom. The van der Waals surface area contributed by atoms with Crippen molar-refractivity contribution in [2.75, 3.05) is 19.6 Å². The van der Waals surface area contributed by atoms with Gasteiger partial charge in [-0.1, -0.05) is 44.5 Å². The summed E-state index contributed by atoms with van der Waals surface area (Å²) < 4.78 is 0. The Labute approximate surface area is 130 Å². The molecule has 21 heavy (non-hydrogen) atoms. The fraction of sp³-hybridized carbons (Fsp3) is 0.684. The Balaban J connectivity index is 1.87. The van der Waals surface area contributed by atoms with Gasteiger partial charge in [0, 0.05) is 18.6 Å².